The van der Waals surface area contributed by atoms with Crippen molar-refractivity contribution in [3.8, 4) is 22.5 Å². The van der Waals surface area contributed by atoms with Crippen LogP contribution in [-0.2, 0) is 10.4 Å². The number of nitrogens with two attached hydrogens (primary N) is 1. The summed E-state index contributed by atoms with van der Waals surface area (Å²) < 4.78 is 19.9. The number of rotatable bonds is 4. The molecule has 1 aromatic carbocycles. The van der Waals surface area contributed by atoms with Crippen LogP contribution < -0.4 is 5.73 Å². The Hall–Kier alpha value is -3.26. The second kappa shape index (κ2) is 6.63. The number of carbonyl (C=O) groups is 1. The highest BCUT2D eigenvalue weighted by Gasteiger charge is 2.48. The van der Waals surface area contributed by atoms with E-state index >= 15 is 0 Å². The molecule has 0 unspecified atom stereocenters. The Kier molecular flexibility index (Phi) is 4.14. The number of carbonyl (C=O) groups excluding carboxylic acids is 1. The highest BCUT2D eigenvalue weighted by Crippen LogP contribution is 2.43. The van der Waals surface area contributed by atoms with E-state index in [1.54, 1.807) is 25.4 Å². The molecule has 2 fully saturated rings. The van der Waals surface area contributed by atoms with Gasteiger partial charge in [0.1, 0.15) is 11.5 Å². The molecule has 1 saturated heterocycles. The number of likely N-dealkylation sites (tertiary alicyclic amines) is 1. The third kappa shape index (κ3) is 2.95. The van der Waals surface area contributed by atoms with Gasteiger partial charge < -0.3 is 20.3 Å². The average molecular weight is 408 g/mol. The smallest absolute Gasteiger partial charge is 0.262 e. The summed E-state index contributed by atoms with van der Waals surface area (Å²) in [6.07, 6.45) is 4.05. The largest absolute Gasteiger partial charge is 0.397 e. The van der Waals surface area contributed by atoms with Crippen LogP contribution in [-0.4, -0.2) is 39.6 Å². The lowest BCUT2D eigenvalue weighted by molar-refractivity contribution is -0.144. The summed E-state index contributed by atoms with van der Waals surface area (Å²) in [4.78, 5) is 18.1. The number of nitrogen functional groups attached to an aromatic ring is 1. The molecule has 1 aliphatic heterocycles. The third-order valence-electron chi connectivity index (χ3n) is 5.95. The number of amides is 1. The van der Waals surface area contributed by atoms with Crippen molar-refractivity contribution >= 4 is 11.6 Å². The van der Waals surface area contributed by atoms with Crippen molar-refractivity contribution in [2.45, 2.75) is 30.8 Å². The average Bonchev–Trinajstić information content (AvgIpc) is 3.40. The van der Waals surface area contributed by atoms with Crippen LogP contribution in [0.25, 0.3) is 22.5 Å². The van der Waals surface area contributed by atoms with Gasteiger partial charge in [-0.1, -0.05) is 5.16 Å². The van der Waals surface area contributed by atoms with E-state index in [-0.39, 0.29) is 23.4 Å². The number of aromatic nitrogens is 2. The Labute approximate surface area is 172 Å². The molecule has 0 spiro atoms. The van der Waals surface area contributed by atoms with E-state index in [1.165, 1.54) is 17.0 Å². The Balaban J connectivity index is 1.52. The maximum absolute atomic E-state index is 14.6. The van der Waals surface area contributed by atoms with Gasteiger partial charge in [-0.05, 0) is 48.6 Å². The minimum absolute atomic E-state index is 0.0123. The molecule has 1 aliphatic carbocycles. The van der Waals surface area contributed by atoms with Crippen LogP contribution in [0.1, 0.15) is 36.5 Å². The normalized spacial score (nSPS) is 21.4. The highest BCUT2D eigenvalue weighted by atomic mass is 19.1. The second-order valence-electron chi connectivity index (χ2n) is 8.08. The molecule has 1 amide bonds. The first kappa shape index (κ1) is 18.7. The Morgan fingerprint density at radius 3 is 2.77 bits per heavy atom. The quantitative estimate of drug-likeness (QED) is 0.687. The van der Waals surface area contributed by atoms with Crippen LogP contribution in [0.2, 0.25) is 0 Å². The van der Waals surface area contributed by atoms with Gasteiger partial charge in [0.25, 0.3) is 5.91 Å². The van der Waals surface area contributed by atoms with E-state index in [0.29, 0.717) is 29.4 Å². The van der Waals surface area contributed by atoms with Crippen LogP contribution >= 0.6 is 0 Å². The summed E-state index contributed by atoms with van der Waals surface area (Å²) in [7, 11) is 1.61. The van der Waals surface area contributed by atoms with Crippen molar-refractivity contribution in [2.24, 2.45) is 0 Å². The summed E-state index contributed by atoms with van der Waals surface area (Å²) >= 11 is 0. The first-order valence-electron chi connectivity index (χ1n) is 9.87. The van der Waals surface area contributed by atoms with Crippen molar-refractivity contribution in [2.75, 3.05) is 19.3 Å². The molecule has 2 aromatic heterocycles. The molecule has 5 rings (SSSR count). The summed E-state index contributed by atoms with van der Waals surface area (Å²) in [5.41, 5.74) is 7.84. The number of aliphatic hydroxyl groups is 1. The standard InChI is InChI=1S/C22H21FN4O3/c1-27-7-6-22(29,21(27)28)20-10-19(26-30-20)15-8-13(4-5-16(15)23)18-9-14(12-2-3-12)17(24)11-25-18/h4-5,8-12,29H,2-3,6-7,24H2,1H3/t22-/m1/s1. The minimum Gasteiger partial charge on any atom is -0.397 e. The van der Waals surface area contributed by atoms with Gasteiger partial charge in [0, 0.05) is 37.2 Å². The lowest BCUT2D eigenvalue weighted by atomic mass is 9.97. The molecule has 0 bridgehead atoms. The number of halogens is 1. The Bertz CT molecular complexity index is 1160. The number of pyridine rings is 1. The van der Waals surface area contributed by atoms with E-state index in [0.717, 1.165) is 18.4 Å². The van der Waals surface area contributed by atoms with Gasteiger partial charge in [0.05, 0.1) is 17.6 Å². The molecule has 154 valence electrons. The molecule has 3 heterocycles. The lowest BCUT2D eigenvalue weighted by Gasteiger charge is -2.16. The van der Waals surface area contributed by atoms with Crippen molar-refractivity contribution < 1.29 is 18.8 Å². The summed E-state index contributed by atoms with van der Waals surface area (Å²) in [5, 5.41) is 14.7. The van der Waals surface area contributed by atoms with Crippen molar-refractivity contribution in [1.29, 1.82) is 0 Å². The molecular weight excluding hydrogens is 387 g/mol. The number of anilines is 1. The topological polar surface area (TPSA) is 105 Å². The van der Waals surface area contributed by atoms with Gasteiger partial charge in [-0.3, -0.25) is 9.78 Å². The predicted octanol–water partition coefficient (Wildman–Crippen LogP) is 3.05. The lowest BCUT2D eigenvalue weighted by Crippen LogP contribution is -2.35. The maximum Gasteiger partial charge on any atom is 0.262 e. The number of benzene rings is 1. The van der Waals surface area contributed by atoms with E-state index in [4.69, 9.17) is 10.3 Å². The van der Waals surface area contributed by atoms with E-state index in [1.807, 2.05) is 6.07 Å². The van der Waals surface area contributed by atoms with Gasteiger partial charge in [0.2, 0.25) is 5.60 Å². The predicted molar refractivity (Wildman–Crippen MR) is 108 cm³/mol. The number of hydrogen-bond donors (Lipinski definition) is 2. The Morgan fingerprint density at radius 1 is 1.27 bits per heavy atom. The third-order valence-corrected chi connectivity index (χ3v) is 5.95. The first-order chi connectivity index (χ1) is 14.4. The fourth-order valence-corrected chi connectivity index (χ4v) is 3.95. The molecular formula is C22H21FN4O3. The van der Waals surface area contributed by atoms with Gasteiger partial charge in [-0.2, -0.15) is 0 Å². The van der Waals surface area contributed by atoms with Crippen LogP contribution in [0.15, 0.2) is 41.1 Å². The SMILES string of the molecule is CN1CC[C@@](O)(c2cc(-c3cc(-c4cc(C5CC5)c(N)cn4)ccc3F)no2)C1=O. The van der Waals surface area contributed by atoms with E-state index < -0.39 is 17.3 Å². The molecule has 3 aromatic rings. The van der Waals surface area contributed by atoms with Crippen molar-refractivity contribution in [3.05, 3.63) is 53.7 Å². The molecule has 2 aliphatic rings. The molecule has 1 saturated carbocycles. The second-order valence-corrected chi connectivity index (χ2v) is 8.08. The van der Waals surface area contributed by atoms with E-state index in [9.17, 15) is 14.3 Å². The summed E-state index contributed by atoms with van der Waals surface area (Å²) in [6, 6.07) is 8.01. The monoisotopic (exact) mass is 408 g/mol. The molecule has 7 nitrogen and oxygen atoms in total. The number of likely N-dealkylation sites (N-methyl/N-ethyl adjacent to an activating group) is 1. The van der Waals surface area contributed by atoms with Crippen LogP contribution in [0.3, 0.4) is 0 Å². The van der Waals surface area contributed by atoms with Gasteiger partial charge in [0.15, 0.2) is 5.76 Å². The van der Waals surface area contributed by atoms with Gasteiger partial charge in [-0.25, -0.2) is 4.39 Å². The zero-order valence-electron chi connectivity index (χ0n) is 16.4. The highest BCUT2D eigenvalue weighted by molar-refractivity contribution is 5.87. The summed E-state index contributed by atoms with van der Waals surface area (Å²) in [5.74, 6) is -0.470. The van der Waals surface area contributed by atoms with E-state index in [2.05, 4.69) is 10.1 Å². The molecule has 0 radical (unpaired) electrons. The maximum atomic E-state index is 14.6. The van der Waals surface area contributed by atoms with Crippen LogP contribution in [0, 0.1) is 5.82 Å². The molecule has 3 N–H and O–H groups in total. The Morgan fingerprint density at radius 2 is 2.07 bits per heavy atom. The van der Waals surface area contributed by atoms with Crippen molar-refractivity contribution in [3.63, 3.8) is 0 Å². The summed E-state index contributed by atoms with van der Waals surface area (Å²) in [6.45, 7) is 0.404. The fraction of sp³-hybridized carbons (Fsp3) is 0.318. The van der Waals surface area contributed by atoms with Crippen LogP contribution in [0.5, 0.6) is 0 Å². The minimum atomic E-state index is -1.77. The first-order valence-corrected chi connectivity index (χ1v) is 9.87. The molecule has 1 atom stereocenters. The number of hydrogen-bond acceptors (Lipinski definition) is 6. The molecule has 8 heteroatoms. The van der Waals surface area contributed by atoms with Crippen molar-refractivity contribution in [1.82, 2.24) is 15.0 Å². The zero-order chi connectivity index (χ0) is 21.0. The zero-order valence-corrected chi connectivity index (χ0v) is 16.4. The van der Waals surface area contributed by atoms with Gasteiger partial charge >= 0.3 is 0 Å². The van der Waals surface area contributed by atoms with Crippen LogP contribution in [0.4, 0.5) is 10.1 Å². The van der Waals surface area contributed by atoms with Gasteiger partial charge in [-0.15, -0.1) is 0 Å². The fourth-order valence-electron chi connectivity index (χ4n) is 3.95. The number of nitrogens with zero attached hydrogens (tertiary/aromatic N) is 3. The molecule has 30 heavy (non-hydrogen) atoms.